The van der Waals surface area contributed by atoms with Gasteiger partial charge in [0.25, 0.3) is 0 Å². The Balaban J connectivity index is 1.81. The lowest BCUT2D eigenvalue weighted by Crippen LogP contribution is -1.84. The van der Waals surface area contributed by atoms with E-state index in [9.17, 15) is 17.6 Å². The van der Waals surface area contributed by atoms with E-state index in [1.165, 1.54) is 0 Å². The van der Waals surface area contributed by atoms with Gasteiger partial charge in [-0.05, 0) is 44.5 Å². The van der Waals surface area contributed by atoms with Crippen molar-refractivity contribution in [2.75, 3.05) is 0 Å². The highest BCUT2D eigenvalue weighted by Gasteiger charge is 2.18. The lowest BCUT2D eigenvalue weighted by molar-refractivity contribution is 0.538. The number of rotatable bonds is 0. The van der Waals surface area contributed by atoms with Crippen LogP contribution in [-0.4, -0.2) is 0 Å². The molecule has 0 nitrogen and oxygen atoms in total. The minimum absolute atomic E-state index is 0.281. The molecule has 6 heteroatoms. The normalized spacial score (nSPS) is 12.3. The molecule has 4 aromatic carbocycles. The molecule has 6 aromatic rings. The van der Waals surface area contributed by atoms with E-state index in [-0.39, 0.29) is 10.8 Å². The largest absolute Gasteiger partial charge is 0.213 e. The first-order valence-electron chi connectivity index (χ1n) is 8.47. The maximum Gasteiger partial charge on any atom is 0.213 e. The fourth-order valence-corrected chi connectivity index (χ4v) is 5.74. The molecule has 0 aliphatic carbocycles. The van der Waals surface area contributed by atoms with Gasteiger partial charge in [0.05, 0.1) is 0 Å². The predicted molar refractivity (Wildman–Crippen MR) is 110 cm³/mol. The predicted octanol–water partition coefficient (Wildman–Crippen LogP) is 8.13. The van der Waals surface area contributed by atoms with Crippen LogP contribution in [0.5, 0.6) is 0 Å². The van der Waals surface area contributed by atoms with Crippen molar-refractivity contribution in [3.05, 3.63) is 70.4 Å². The van der Waals surface area contributed by atoms with Crippen molar-refractivity contribution < 1.29 is 17.6 Å². The number of halogens is 4. The maximum absolute atomic E-state index is 14.3. The van der Waals surface area contributed by atoms with Gasteiger partial charge >= 0.3 is 0 Å². The summed E-state index contributed by atoms with van der Waals surface area (Å²) in [4.78, 5) is 0. The first-order valence-corrected chi connectivity index (χ1v) is 10.1. The zero-order valence-corrected chi connectivity index (χ0v) is 15.6. The van der Waals surface area contributed by atoms with Crippen LogP contribution in [0, 0.1) is 21.9 Å². The van der Waals surface area contributed by atoms with Crippen molar-refractivity contribution in [1.29, 1.82) is 0 Å². The third kappa shape index (κ3) is 1.94. The molecule has 2 aromatic heterocycles. The van der Waals surface area contributed by atoms with Gasteiger partial charge in [0.2, 0.25) is 10.3 Å². The number of benzene rings is 4. The van der Waals surface area contributed by atoms with Crippen LogP contribution in [0.1, 0.15) is 0 Å². The molecule has 0 bridgehead atoms. The average molecular weight is 412 g/mol. The number of fused-ring (bicyclic) bond motifs is 9. The summed E-state index contributed by atoms with van der Waals surface area (Å²) in [7, 11) is 0. The van der Waals surface area contributed by atoms with Gasteiger partial charge < -0.3 is 0 Å². The molecule has 0 aliphatic rings. The molecule has 0 N–H and O–H groups in total. The van der Waals surface area contributed by atoms with E-state index >= 15 is 0 Å². The summed E-state index contributed by atoms with van der Waals surface area (Å²) in [6, 6.07) is 14.3. The van der Waals surface area contributed by atoms with Gasteiger partial charge in [0.1, 0.15) is 0 Å². The Morgan fingerprint density at radius 1 is 0.429 bits per heavy atom. The van der Waals surface area contributed by atoms with Crippen molar-refractivity contribution in [2.45, 2.75) is 0 Å². The minimum Gasteiger partial charge on any atom is -0.202 e. The second-order valence-electron chi connectivity index (χ2n) is 6.67. The maximum atomic E-state index is 14.3. The zero-order chi connectivity index (χ0) is 19.2. The zero-order valence-electron chi connectivity index (χ0n) is 13.9. The molecule has 0 aliphatic heterocycles. The molecule has 136 valence electrons. The van der Waals surface area contributed by atoms with Crippen LogP contribution < -0.4 is 0 Å². The Bertz CT molecular complexity index is 1490. The van der Waals surface area contributed by atoms with Crippen LogP contribution in [0.15, 0.2) is 48.5 Å². The molecule has 0 saturated heterocycles. The van der Waals surface area contributed by atoms with Crippen LogP contribution in [0.3, 0.4) is 0 Å². The fourth-order valence-electron chi connectivity index (χ4n) is 4.10. The highest BCUT2D eigenvalue weighted by molar-refractivity contribution is 7.18. The number of hydrogen-bond donors (Lipinski definition) is 0. The minimum atomic E-state index is -0.830. The Hall–Kier alpha value is -2.70. The molecule has 0 unspecified atom stereocenters. The van der Waals surface area contributed by atoms with Gasteiger partial charge in [-0.3, -0.25) is 0 Å². The van der Waals surface area contributed by atoms with Gasteiger partial charge in [-0.15, -0.1) is 22.7 Å². The molecule has 28 heavy (non-hydrogen) atoms. The van der Waals surface area contributed by atoms with E-state index in [1.54, 1.807) is 24.3 Å². The summed E-state index contributed by atoms with van der Waals surface area (Å²) < 4.78 is 57.3. The van der Waals surface area contributed by atoms with Crippen LogP contribution in [0.4, 0.5) is 17.6 Å². The molecule has 0 radical (unpaired) electrons. The third-order valence-electron chi connectivity index (χ3n) is 5.30. The molecular formula is C22H8F4S2. The van der Waals surface area contributed by atoms with E-state index in [1.807, 2.05) is 24.3 Å². The smallest absolute Gasteiger partial charge is 0.202 e. The molecule has 6 rings (SSSR count). The SMILES string of the molecule is Fc1sc2ccc3c4ccc5c(ccc6sc(F)c(F)c65)c4ccc3c2c1F. The molecular weight excluding hydrogens is 404 g/mol. The van der Waals surface area contributed by atoms with E-state index < -0.39 is 21.9 Å². The second kappa shape index (κ2) is 5.43. The fraction of sp³-hybridized carbons (Fsp3) is 0. The Labute approximate surface area is 163 Å². The summed E-state index contributed by atoms with van der Waals surface area (Å²) in [6.07, 6.45) is 0. The van der Waals surface area contributed by atoms with Gasteiger partial charge in [-0.2, -0.15) is 8.78 Å². The Morgan fingerprint density at radius 2 is 0.750 bits per heavy atom. The van der Waals surface area contributed by atoms with E-state index in [4.69, 9.17) is 0 Å². The van der Waals surface area contributed by atoms with Crippen LogP contribution in [-0.2, 0) is 0 Å². The van der Waals surface area contributed by atoms with Crippen molar-refractivity contribution in [3.8, 4) is 0 Å². The third-order valence-corrected chi connectivity index (χ3v) is 7.14. The molecule has 0 saturated carbocycles. The van der Waals surface area contributed by atoms with Gasteiger partial charge in [-0.1, -0.05) is 36.4 Å². The van der Waals surface area contributed by atoms with E-state index in [0.29, 0.717) is 20.2 Å². The number of thiophene rings is 2. The highest BCUT2D eigenvalue weighted by Crippen LogP contribution is 2.41. The van der Waals surface area contributed by atoms with Gasteiger partial charge in [0, 0.05) is 20.2 Å². The molecule has 0 amide bonds. The summed E-state index contributed by atoms with van der Waals surface area (Å²) in [6.45, 7) is 0. The summed E-state index contributed by atoms with van der Waals surface area (Å²) in [5.41, 5.74) is 0. The Kier molecular flexibility index (Phi) is 3.15. The molecule has 0 fully saturated rings. The topological polar surface area (TPSA) is 0 Å². The first-order chi connectivity index (χ1) is 13.5. The first kappa shape index (κ1) is 16.3. The van der Waals surface area contributed by atoms with Crippen molar-refractivity contribution in [3.63, 3.8) is 0 Å². The van der Waals surface area contributed by atoms with Crippen molar-refractivity contribution >= 4 is 75.2 Å². The van der Waals surface area contributed by atoms with Gasteiger partial charge in [-0.25, -0.2) is 8.78 Å². The van der Waals surface area contributed by atoms with Crippen molar-refractivity contribution in [1.82, 2.24) is 0 Å². The quantitative estimate of drug-likeness (QED) is 0.174. The molecule has 0 spiro atoms. The van der Waals surface area contributed by atoms with Crippen LogP contribution in [0.25, 0.3) is 52.5 Å². The lowest BCUT2D eigenvalue weighted by Gasteiger charge is -2.09. The average Bonchev–Trinajstić information content (AvgIpc) is 3.16. The summed E-state index contributed by atoms with van der Waals surface area (Å²) in [5.74, 6) is -1.66. The highest BCUT2D eigenvalue weighted by atomic mass is 32.1. The van der Waals surface area contributed by atoms with Crippen molar-refractivity contribution in [2.24, 2.45) is 0 Å². The van der Waals surface area contributed by atoms with E-state index in [2.05, 4.69) is 0 Å². The van der Waals surface area contributed by atoms with Crippen LogP contribution in [0.2, 0.25) is 0 Å². The van der Waals surface area contributed by atoms with Crippen LogP contribution >= 0.6 is 22.7 Å². The number of hydrogen-bond acceptors (Lipinski definition) is 2. The van der Waals surface area contributed by atoms with E-state index in [0.717, 1.165) is 44.2 Å². The molecule has 0 atom stereocenters. The summed E-state index contributed by atoms with van der Waals surface area (Å²) in [5, 5.41) is 3.48. The second-order valence-corrected chi connectivity index (χ2v) is 8.68. The lowest BCUT2D eigenvalue weighted by atomic mass is 9.95. The Morgan fingerprint density at radius 3 is 1.18 bits per heavy atom. The monoisotopic (exact) mass is 412 g/mol. The standard InChI is InChI=1S/C22H8F4S2/c23-19-17-13-3-1-9-10(12(13)6-8-15(17)27-21(19)25)2-4-14-11(9)5-7-16-18(14)20(24)22(26)28-16/h1-8H. The molecule has 2 heterocycles. The van der Waals surface area contributed by atoms with Gasteiger partial charge in [0.15, 0.2) is 11.6 Å². The summed E-state index contributed by atoms with van der Waals surface area (Å²) >= 11 is 1.58.